The molecular formula is C12H9ClGe. The molecule has 0 saturated carbocycles. The van der Waals surface area contributed by atoms with Crippen LogP contribution in [0, 0.1) is 0 Å². The van der Waals surface area contributed by atoms with Gasteiger partial charge in [-0.25, -0.2) is 0 Å². The Kier molecular flexibility index (Phi) is 3.27. The molecule has 2 aromatic carbocycles. The van der Waals surface area contributed by atoms with Gasteiger partial charge in [-0.15, -0.1) is 0 Å². The van der Waals surface area contributed by atoms with Crippen molar-refractivity contribution < 1.29 is 0 Å². The van der Waals surface area contributed by atoms with Crippen molar-refractivity contribution in [2.24, 2.45) is 0 Å². The summed E-state index contributed by atoms with van der Waals surface area (Å²) in [4.78, 5) is 0. The van der Waals surface area contributed by atoms with E-state index in [9.17, 15) is 0 Å². The number of hydrogen-bond donors (Lipinski definition) is 0. The average molecular weight is 261 g/mol. The van der Waals surface area contributed by atoms with Crippen LogP contribution in [0.5, 0.6) is 0 Å². The first-order chi connectivity index (χ1) is 6.84. The summed E-state index contributed by atoms with van der Waals surface area (Å²) in [6.07, 6.45) is 0. The predicted molar refractivity (Wildman–Crippen MR) is 62.9 cm³/mol. The Labute approximate surface area is 95.4 Å². The van der Waals surface area contributed by atoms with Gasteiger partial charge in [0.25, 0.3) is 0 Å². The molecule has 0 saturated heterocycles. The summed E-state index contributed by atoms with van der Waals surface area (Å²) in [5.41, 5.74) is 0. The molecule has 0 aliphatic rings. The van der Waals surface area contributed by atoms with E-state index in [4.69, 9.17) is 11.6 Å². The second-order valence-corrected chi connectivity index (χ2v) is 6.38. The maximum atomic E-state index is 5.83. The van der Waals surface area contributed by atoms with Crippen LogP contribution >= 0.6 is 11.6 Å². The molecule has 0 fully saturated rings. The Hall–Kier alpha value is -0.727. The van der Waals surface area contributed by atoms with Crippen LogP contribution in [0.3, 0.4) is 0 Å². The van der Waals surface area contributed by atoms with Gasteiger partial charge in [0.2, 0.25) is 0 Å². The van der Waals surface area contributed by atoms with Crippen LogP contribution in [0.15, 0.2) is 54.6 Å². The molecule has 0 amide bonds. The number of hydrogen-bond acceptors (Lipinski definition) is 0. The van der Waals surface area contributed by atoms with Gasteiger partial charge in [0.05, 0.1) is 0 Å². The van der Waals surface area contributed by atoms with Gasteiger partial charge in [0.15, 0.2) is 0 Å². The molecule has 0 atom stereocenters. The van der Waals surface area contributed by atoms with Crippen LogP contribution in [0.2, 0.25) is 5.02 Å². The van der Waals surface area contributed by atoms with Crippen LogP contribution in [-0.4, -0.2) is 15.4 Å². The topological polar surface area (TPSA) is 0 Å². The van der Waals surface area contributed by atoms with Crippen molar-refractivity contribution in [3.8, 4) is 0 Å². The maximum absolute atomic E-state index is 5.83. The van der Waals surface area contributed by atoms with E-state index >= 15 is 0 Å². The van der Waals surface area contributed by atoms with Crippen LogP contribution in [0.4, 0.5) is 0 Å². The van der Waals surface area contributed by atoms with Gasteiger partial charge in [0, 0.05) is 0 Å². The number of rotatable bonds is 2. The van der Waals surface area contributed by atoms with E-state index in [-0.39, 0.29) is 15.4 Å². The van der Waals surface area contributed by atoms with E-state index in [0.29, 0.717) is 0 Å². The first kappa shape index (κ1) is 9.81. The molecule has 0 aromatic heterocycles. The third-order valence-corrected chi connectivity index (χ3v) is 4.77. The van der Waals surface area contributed by atoms with E-state index in [1.807, 2.05) is 12.1 Å². The van der Waals surface area contributed by atoms with Crippen LogP contribution < -0.4 is 8.79 Å². The third kappa shape index (κ3) is 2.63. The molecule has 2 rings (SSSR count). The molecule has 2 aromatic rings. The van der Waals surface area contributed by atoms with E-state index in [1.54, 1.807) is 0 Å². The van der Waals surface area contributed by atoms with Gasteiger partial charge in [-0.1, -0.05) is 0 Å². The first-order valence-corrected chi connectivity index (χ1v) is 6.90. The van der Waals surface area contributed by atoms with Crippen molar-refractivity contribution in [1.82, 2.24) is 0 Å². The van der Waals surface area contributed by atoms with Crippen LogP contribution in [0.1, 0.15) is 0 Å². The fourth-order valence-corrected chi connectivity index (χ4v) is 3.50. The van der Waals surface area contributed by atoms with E-state index in [2.05, 4.69) is 42.5 Å². The van der Waals surface area contributed by atoms with Crippen molar-refractivity contribution in [2.45, 2.75) is 0 Å². The van der Waals surface area contributed by atoms with E-state index < -0.39 is 0 Å². The van der Waals surface area contributed by atoms with Gasteiger partial charge in [-0.2, -0.15) is 0 Å². The monoisotopic (exact) mass is 262 g/mol. The summed E-state index contributed by atoms with van der Waals surface area (Å²) in [7, 11) is 0. The van der Waals surface area contributed by atoms with Crippen molar-refractivity contribution in [3.05, 3.63) is 59.6 Å². The molecule has 0 heterocycles. The average Bonchev–Trinajstić information content (AvgIpc) is 2.23. The second-order valence-electron chi connectivity index (χ2n) is 3.00. The molecule has 68 valence electrons. The molecule has 0 aliphatic heterocycles. The fraction of sp³-hybridized carbons (Fsp3) is 0. The Balaban J connectivity index is 2.16. The van der Waals surface area contributed by atoms with E-state index in [1.165, 1.54) is 8.79 Å². The SMILES string of the molecule is Clc1cc[c]([Ge][c]2ccccc2)cc1. The van der Waals surface area contributed by atoms with Gasteiger partial charge < -0.3 is 0 Å². The number of halogens is 1. The zero-order chi connectivity index (χ0) is 9.80. The molecule has 0 N–H and O–H groups in total. The van der Waals surface area contributed by atoms with Gasteiger partial charge in [-0.3, -0.25) is 0 Å². The molecule has 2 radical (unpaired) electrons. The summed E-state index contributed by atoms with van der Waals surface area (Å²) in [5.74, 6) is 0. The fourth-order valence-electron chi connectivity index (χ4n) is 1.22. The Morgan fingerprint density at radius 3 is 1.93 bits per heavy atom. The molecule has 0 bridgehead atoms. The summed E-state index contributed by atoms with van der Waals surface area (Å²) in [6, 6.07) is 18.8. The molecule has 0 spiro atoms. The van der Waals surface area contributed by atoms with Gasteiger partial charge in [-0.05, 0) is 0 Å². The number of benzene rings is 2. The summed E-state index contributed by atoms with van der Waals surface area (Å²) < 4.78 is 2.87. The van der Waals surface area contributed by atoms with Gasteiger partial charge in [0.1, 0.15) is 0 Å². The molecule has 0 unspecified atom stereocenters. The summed E-state index contributed by atoms with van der Waals surface area (Å²) in [5, 5.41) is 0.813. The quantitative estimate of drug-likeness (QED) is 0.725. The third-order valence-electron chi connectivity index (χ3n) is 1.91. The molecule has 14 heavy (non-hydrogen) atoms. The van der Waals surface area contributed by atoms with E-state index in [0.717, 1.165) is 5.02 Å². The Morgan fingerprint density at radius 2 is 1.29 bits per heavy atom. The van der Waals surface area contributed by atoms with Crippen LogP contribution in [0.25, 0.3) is 0 Å². The molecule has 0 nitrogen and oxygen atoms in total. The van der Waals surface area contributed by atoms with Crippen molar-refractivity contribution in [1.29, 1.82) is 0 Å². The standard InChI is InChI=1S/C12H9ClGe/c13-10-6-8-12(9-7-10)14-11-4-2-1-3-5-11/h1-9H. The predicted octanol–water partition coefficient (Wildman–Crippen LogP) is 1.99. The van der Waals surface area contributed by atoms with Crippen molar-refractivity contribution in [3.63, 3.8) is 0 Å². The molecule has 2 heteroatoms. The summed E-state index contributed by atoms with van der Waals surface area (Å²) >= 11 is 5.65. The molecule has 0 aliphatic carbocycles. The second kappa shape index (κ2) is 4.67. The zero-order valence-electron chi connectivity index (χ0n) is 7.57. The van der Waals surface area contributed by atoms with Crippen molar-refractivity contribution >= 4 is 35.8 Å². The zero-order valence-corrected chi connectivity index (χ0v) is 10.4. The minimum absolute atomic E-state index is 0.181. The first-order valence-electron chi connectivity index (χ1n) is 4.42. The van der Waals surface area contributed by atoms with Crippen molar-refractivity contribution in [2.75, 3.05) is 0 Å². The normalized spacial score (nSPS) is 10.1. The van der Waals surface area contributed by atoms with Crippen LogP contribution in [-0.2, 0) is 0 Å². The summed E-state index contributed by atoms with van der Waals surface area (Å²) in [6.45, 7) is 0. The van der Waals surface area contributed by atoms with Gasteiger partial charge >= 0.3 is 95.4 Å². The molecular weight excluding hydrogens is 252 g/mol. The minimum atomic E-state index is -0.181. The Morgan fingerprint density at radius 1 is 0.714 bits per heavy atom. The Bertz CT molecular complexity index is 394.